The van der Waals surface area contributed by atoms with Gasteiger partial charge in [0.25, 0.3) is 0 Å². The molecule has 186 valence electrons. The van der Waals surface area contributed by atoms with Crippen LogP contribution in [0.3, 0.4) is 0 Å². The number of H-pyrrole nitrogens is 1. The average molecular weight is 490 g/mol. The number of carboxylic acid groups (broad SMARTS) is 2. The van der Waals surface area contributed by atoms with Gasteiger partial charge < -0.3 is 15.1 Å². The molecule has 1 atom stereocenters. The number of hydrogen-bond acceptors (Lipinski definition) is 5. The van der Waals surface area contributed by atoms with Gasteiger partial charge in [0, 0.05) is 24.8 Å². The van der Waals surface area contributed by atoms with Crippen LogP contribution in [0, 0.1) is 0 Å². The maximum atomic E-state index is 12.4. The van der Waals surface area contributed by atoms with Crippen molar-refractivity contribution in [2.75, 3.05) is 27.2 Å². The van der Waals surface area contributed by atoms with Gasteiger partial charge in [-0.25, -0.2) is 9.59 Å². The van der Waals surface area contributed by atoms with E-state index in [-0.39, 0.29) is 0 Å². The zero-order chi connectivity index (χ0) is 25.5. The van der Waals surface area contributed by atoms with Gasteiger partial charge in [0.1, 0.15) is 0 Å². The third-order valence-electron chi connectivity index (χ3n) is 3.82. The molecule has 1 saturated heterocycles. The molecule has 2 rings (SSSR count). The molecule has 0 radical (unpaired) electrons. The monoisotopic (exact) mass is 490 g/mol. The lowest BCUT2D eigenvalue weighted by Crippen LogP contribution is -2.33. The number of alkyl halides is 9. The number of aromatic nitrogens is 2. The Kier molecular flexibility index (Phi) is 10.4. The average Bonchev–Trinajstić information content (AvgIpc) is 3.23. The molecule has 0 aliphatic carbocycles. The highest BCUT2D eigenvalue weighted by atomic mass is 19.4. The molecule has 0 amide bonds. The van der Waals surface area contributed by atoms with Crippen molar-refractivity contribution in [3.63, 3.8) is 0 Å². The van der Waals surface area contributed by atoms with E-state index >= 15 is 0 Å². The quantitative estimate of drug-likeness (QED) is 0.559. The molecule has 3 N–H and O–H groups in total. The Hall–Kier alpha value is -2.56. The van der Waals surface area contributed by atoms with E-state index in [0.717, 1.165) is 25.6 Å². The molecule has 1 aliphatic rings. The Bertz CT molecular complexity index is 722. The van der Waals surface area contributed by atoms with Gasteiger partial charge in [-0.05, 0) is 33.1 Å². The second kappa shape index (κ2) is 11.3. The lowest BCUT2D eigenvalue weighted by atomic mass is 10.2. The molecule has 0 aromatic carbocycles. The van der Waals surface area contributed by atoms with E-state index in [2.05, 4.69) is 20.0 Å². The van der Waals surface area contributed by atoms with Crippen LogP contribution in [0.25, 0.3) is 0 Å². The van der Waals surface area contributed by atoms with E-state index in [1.54, 1.807) is 0 Å². The Balaban J connectivity index is 0.000000570. The number of likely N-dealkylation sites (tertiary alicyclic amines) is 1. The summed E-state index contributed by atoms with van der Waals surface area (Å²) in [4.78, 5) is 22.1. The summed E-state index contributed by atoms with van der Waals surface area (Å²) in [6.07, 6.45) is -13.5. The van der Waals surface area contributed by atoms with Crippen LogP contribution < -0.4 is 0 Å². The summed E-state index contributed by atoms with van der Waals surface area (Å²) in [7, 11) is 3.98. The Morgan fingerprint density at radius 1 is 1.09 bits per heavy atom. The molecule has 0 spiro atoms. The molecule has 1 aromatic rings. The fourth-order valence-corrected chi connectivity index (χ4v) is 2.26. The van der Waals surface area contributed by atoms with Crippen molar-refractivity contribution in [3.05, 3.63) is 17.5 Å². The normalized spacial score (nSPS) is 17.3. The Labute approximate surface area is 174 Å². The zero-order valence-corrected chi connectivity index (χ0v) is 16.4. The Morgan fingerprint density at radius 2 is 1.53 bits per heavy atom. The van der Waals surface area contributed by atoms with Gasteiger partial charge in [-0.15, -0.1) is 0 Å². The van der Waals surface area contributed by atoms with Gasteiger partial charge >= 0.3 is 30.5 Å². The van der Waals surface area contributed by atoms with E-state index < -0.39 is 36.2 Å². The van der Waals surface area contributed by atoms with Crippen LogP contribution in [-0.4, -0.2) is 87.7 Å². The molecule has 32 heavy (non-hydrogen) atoms. The number of nitrogens with zero attached hydrogens (tertiary/aromatic N) is 3. The van der Waals surface area contributed by atoms with Gasteiger partial charge in [-0.3, -0.25) is 10.00 Å². The summed E-state index contributed by atoms with van der Waals surface area (Å²) in [6, 6.07) is 1.47. The third-order valence-corrected chi connectivity index (χ3v) is 3.82. The predicted molar refractivity (Wildman–Crippen MR) is 88.3 cm³/mol. The second-order valence-corrected chi connectivity index (χ2v) is 6.50. The lowest BCUT2D eigenvalue weighted by molar-refractivity contribution is -0.193. The number of halogens is 9. The summed E-state index contributed by atoms with van der Waals surface area (Å²) < 4.78 is 101. The van der Waals surface area contributed by atoms with Gasteiger partial charge in [0.15, 0.2) is 5.69 Å². The number of carboxylic acids is 2. The highest BCUT2D eigenvalue weighted by molar-refractivity contribution is 5.73. The van der Waals surface area contributed by atoms with Gasteiger partial charge in [-0.1, -0.05) is 0 Å². The van der Waals surface area contributed by atoms with Crippen molar-refractivity contribution in [2.24, 2.45) is 0 Å². The molecule has 1 aromatic heterocycles. The fraction of sp³-hybridized carbons (Fsp3) is 0.667. The van der Waals surface area contributed by atoms with E-state index in [4.69, 9.17) is 19.8 Å². The maximum Gasteiger partial charge on any atom is 0.490 e. The molecule has 0 saturated carbocycles. The van der Waals surface area contributed by atoms with E-state index in [0.29, 0.717) is 18.3 Å². The number of rotatable bonds is 3. The first-order valence-corrected chi connectivity index (χ1v) is 8.35. The minimum Gasteiger partial charge on any atom is -0.475 e. The lowest BCUT2D eigenvalue weighted by Gasteiger charge is -2.23. The van der Waals surface area contributed by atoms with Crippen molar-refractivity contribution in [1.82, 2.24) is 20.0 Å². The molecule has 1 aliphatic heterocycles. The van der Waals surface area contributed by atoms with Gasteiger partial charge in [0.05, 0.1) is 0 Å². The highest BCUT2D eigenvalue weighted by Crippen LogP contribution is 2.28. The van der Waals surface area contributed by atoms with Crippen LogP contribution in [0.2, 0.25) is 0 Å². The van der Waals surface area contributed by atoms with Crippen molar-refractivity contribution in [2.45, 2.75) is 37.5 Å². The first-order chi connectivity index (χ1) is 14.2. The van der Waals surface area contributed by atoms with Gasteiger partial charge in [-0.2, -0.15) is 44.6 Å². The number of hydrogen-bond donors (Lipinski definition) is 3. The van der Waals surface area contributed by atoms with Crippen molar-refractivity contribution in [3.8, 4) is 0 Å². The minimum atomic E-state index is -5.08. The Morgan fingerprint density at radius 3 is 1.81 bits per heavy atom. The molecule has 0 bridgehead atoms. The summed E-state index contributed by atoms with van der Waals surface area (Å²) in [5.41, 5.74) is -0.353. The summed E-state index contributed by atoms with van der Waals surface area (Å²) in [6.45, 7) is 2.45. The minimum absolute atomic E-state index is 0.396. The first kappa shape index (κ1) is 29.4. The van der Waals surface area contributed by atoms with Crippen molar-refractivity contribution >= 4 is 11.9 Å². The molecular formula is C15H19F9N4O4. The van der Waals surface area contributed by atoms with Crippen LogP contribution >= 0.6 is 0 Å². The van der Waals surface area contributed by atoms with E-state index in [1.807, 2.05) is 14.1 Å². The summed E-state index contributed by atoms with van der Waals surface area (Å²) >= 11 is 0. The fourth-order valence-electron chi connectivity index (χ4n) is 2.26. The highest BCUT2D eigenvalue weighted by Gasteiger charge is 2.39. The molecule has 8 nitrogen and oxygen atoms in total. The first-order valence-electron chi connectivity index (χ1n) is 8.35. The second-order valence-electron chi connectivity index (χ2n) is 6.50. The molecule has 2 heterocycles. The number of likely N-dealkylation sites (N-methyl/N-ethyl adjacent to an activating group) is 2. The standard InChI is InChI=1S/C11H17F3N4.2C2HF3O2/c1-17-4-3-9(7-17)18(2)6-8-5-10(16-15-8)11(12,13)14;2*3-2(4,5)1(6)7/h5,9H,3-4,6-7H2,1-2H3,(H,15,16);2*(H,6,7). The maximum absolute atomic E-state index is 12.4. The zero-order valence-electron chi connectivity index (χ0n) is 16.4. The third kappa shape index (κ3) is 11.2. The number of carbonyl (C=O) groups is 2. The molecule has 17 heteroatoms. The number of aromatic amines is 1. The molecule has 1 fully saturated rings. The van der Waals surface area contributed by atoms with Crippen molar-refractivity contribution in [1.29, 1.82) is 0 Å². The van der Waals surface area contributed by atoms with E-state index in [9.17, 15) is 39.5 Å². The van der Waals surface area contributed by atoms with Crippen LogP contribution in [0.15, 0.2) is 6.07 Å². The number of aliphatic carboxylic acids is 2. The summed E-state index contributed by atoms with van der Waals surface area (Å²) in [5, 5.41) is 20.0. The van der Waals surface area contributed by atoms with Crippen molar-refractivity contribution < 1.29 is 59.3 Å². The topological polar surface area (TPSA) is 110 Å². The SMILES string of the molecule is CN1CCC(N(C)Cc2cc(C(F)(F)F)n[nH]2)C1.O=C(O)C(F)(F)F.O=C(O)C(F)(F)F. The van der Waals surface area contributed by atoms with Gasteiger partial charge in [0.2, 0.25) is 0 Å². The van der Waals surface area contributed by atoms with Crippen LogP contribution in [0.5, 0.6) is 0 Å². The van der Waals surface area contributed by atoms with Crippen LogP contribution in [0.1, 0.15) is 17.8 Å². The number of nitrogens with one attached hydrogen (secondary N) is 1. The predicted octanol–water partition coefficient (Wildman–Crippen LogP) is 2.83. The van der Waals surface area contributed by atoms with Crippen LogP contribution in [0.4, 0.5) is 39.5 Å². The largest absolute Gasteiger partial charge is 0.490 e. The molecule has 1 unspecified atom stereocenters. The summed E-state index contributed by atoms with van der Waals surface area (Å²) in [5.74, 6) is -5.51. The van der Waals surface area contributed by atoms with Crippen LogP contribution in [-0.2, 0) is 22.3 Å². The smallest absolute Gasteiger partial charge is 0.475 e. The van der Waals surface area contributed by atoms with E-state index in [1.165, 1.54) is 0 Å². The molecular weight excluding hydrogens is 471 g/mol.